The van der Waals surface area contributed by atoms with E-state index in [9.17, 15) is 10.0 Å². The lowest BCUT2D eigenvalue weighted by Crippen LogP contribution is -2.52. The zero-order chi connectivity index (χ0) is 26.1. The molecule has 36 heavy (non-hydrogen) atoms. The third-order valence-corrected chi connectivity index (χ3v) is 6.62. The molecule has 7 nitrogen and oxygen atoms in total. The number of nitrogens with zero attached hydrogens (tertiary/aromatic N) is 2. The van der Waals surface area contributed by atoms with Crippen LogP contribution >= 0.6 is 0 Å². The Bertz CT molecular complexity index is 1020. The number of anilines is 1. The standard InChI is InChI=1S/C29H43N5O2/c1-6-9-10-11-23(17-24-18-31-28(16-20(24)4)32-29(35)22-12-13-22)25-19-30-27(15-21(25)5)26(8-3)33-34(36)14-7-2/h10-11,15-19,22,26-27,30,33,36H,6-9,12-14H2,1-5H3,(H,31,32,35)/b11-10+,23-17+. The molecule has 1 fully saturated rings. The van der Waals surface area contributed by atoms with Crippen molar-refractivity contribution in [3.05, 3.63) is 64.5 Å². The van der Waals surface area contributed by atoms with Gasteiger partial charge in [0, 0.05) is 36.5 Å². The van der Waals surface area contributed by atoms with E-state index in [1.54, 1.807) is 0 Å². The maximum Gasteiger partial charge on any atom is 0.228 e. The van der Waals surface area contributed by atoms with Crippen molar-refractivity contribution in [2.45, 2.75) is 85.2 Å². The molecule has 4 N–H and O–H groups in total. The van der Waals surface area contributed by atoms with E-state index in [1.165, 1.54) is 10.7 Å². The van der Waals surface area contributed by atoms with Gasteiger partial charge in [-0.3, -0.25) is 10.0 Å². The highest BCUT2D eigenvalue weighted by Gasteiger charge is 2.29. The van der Waals surface area contributed by atoms with Crippen molar-refractivity contribution in [1.82, 2.24) is 20.9 Å². The Hall–Kier alpha value is -2.74. The Morgan fingerprint density at radius 1 is 1.28 bits per heavy atom. The van der Waals surface area contributed by atoms with Crippen LogP contribution in [0.3, 0.4) is 0 Å². The largest absolute Gasteiger partial charge is 0.383 e. The van der Waals surface area contributed by atoms with Crippen LogP contribution in [0.4, 0.5) is 5.82 Å². The lowest BCUT2D eigenvalue weighted by molar-refractivity contribution is -0.147. The number of hydrogen-bond donors (Lipinski definition) is 4. The van der Waals surface area contributed by atoms with Gasteiger partial charge in [-0.25, -0.2) is 10.4 Å². The van der Waals surface area contributed by atoms with E-state index >= 15 is 0 Å². The molecule has 1 aromatic heterocycles. The van der Waals surface area contributed by atoms with Crippen LogP contribution in [0.15, 0.2) is 53.4 Å². The summed E-state index contributed by atoms with van der Waals surface area (Å²) in [6.45, 7) is 11.1. The molecular weight excluding hydrogens is 450 g/mol. The second-order valence-corrected chi connectivity index (χ2v) is 9.85. The number of dihydropyridines is 1. The number of pyridine rings is 1. The van der Waals surface area contributed by atoms with Gasteiger partial charge in [-0.2, -0.15) is 0 Å². The van der Waals surface area contributed by atoms with Gasteiger partial charge >= 0.3 is 0 Å². The predicted molar refractivity (Wildman–Crippen MR) is 147 cm³/mol. The second kappa shape index (κ2) is 13.5. The molecule has 1 aliphatic heterocycles. The van der Waals surface area contributed by atoms with E-state index in [4.69, 9.17) is 0 Å². The highest BCUT2D eigenvalue weighted by Crippen LogP contribution is 2.31. The molecule has 0 saturated heterocycles. The number of aryl methyl sites for hydroxylation is 1. The van der Waals surface area contributed by atoms with Gasteiger partial charge < -0.3 is 10.6 Å². The Morgan fingerprint density at radius 3 is 2.67 bits per heavy atom. The Kier molecular flexibility index (Phi) is 10.5. The number of carbonyl (C=O) groups excluding carboxylic acids is 1. The van der Waals surface area contributed by atoms with E-state index in [0.717, 1.165) is 60.8 Å². The van der Waals surface area contributed by atoms with Crippen molar-refractivity contribution >= 4 is 17.8 Å². The molecule has 2 atom stereocenters. The highest BCUT2D eigenvalue weighted by atomic mass is 16.5. The van der Waals surface area contributed by atoms with Crippen LogP contribution in [0.1, 0.15) is 77.3 Å². The number of unbranched alkanes of at least 4 members (excludes halogenated alkanes) is 1. The van der Waals surface area contributed by atoms with Gasteiger partial charge in [-0.1, -0.05) is 45.4 Å². The molecule has 0 bridgehead atoms. The number of allylic oxidation sites excluding steroid dienone is 5. The Morgan fingerprint density at radius 2 is 2.06 bits per heavy atom. The molecule has 2 aliphatic rings. The Balaban J connectivity index is 1.81. The number of hydrogen-bond acceptors (Lipinski definition) is 6. The highest BCUT2D eigenvalue weighted by molar-refractivity contribution is 5.93. The molecule has 2 unspecified atom stereocenters. The molecule has 1 saturated carbocycles. The lowest BCUT2D eigenvalue weighted by Gasteiger charge is -2.32. The summed E-state index contributed by atoms with van der Waals surface area (Å²) in [6.07, 6.45) is 18.5. The molecule has 0 aromatic carbocycles. The number of hydrazine groups is 1. The average Bonchev–Trinajstić information content (AvgIpc) is 3.69. The fourth-order valence-electron chi connectivity index (χ4n) is 4.26. The minimum Gasteiger partial charge on any atom is -0.383 e. The number of hydroxylamine groups is 1. The minimum atomic E-state index is 0.0704. The van der Waals surface area contributed by atoms with Crippen LogP contribution in [0, 0.1) is 12.8 Å². The fraction of sp³-hybridized carbons (Fsp3) is 0.517. The van der Waals surface area contributed by atoms with E-state index in [1.807, 2.05) is 26.1 Å². The van der Waals surface area contributed by atoms with Crippen LogP contribution < -0.4 is 16.1 Å². The number of carbonyl (C=O) groups is 1. The van der Waals surface area contributed by atoms with Gasteiger partial charge in [0.15, 0.2) is 0 Å². The van der Waals surface area contributed by atoms with E-state index in [-0.39, 0.29) is 23.9 Å². The summed E-state index contributed by atoms with van der Waals surface area (Å²) in [4.78, 5) is 16.6. The topological polar surface area (TPSA) is 89.5 Å². The third-order valence-electron chi connectivity index (χ3n) is 6.62. The van der Waals surface area contributed by atoms with Crippen molar-refractivity contribution in [3.8, 4) is 0 Å². The van der Waals surface area contributed by atoms with E-state index in [2.05, 4.69) is 72.3 Å². The summed E-state index contributed by atoms with van der Waals surface area (Å²) in [7, 11) is 0. The SMILES string of the molecule is CCC/C=C/C(=C\c1cnc(NC(=O)C2CC2)cc1C)C1=CNC(C(CC)NN(O)CCC)C=C1C. The lowest BCUT2D eigenvalue weighted by atomic mass is 9.91. The summed E-state index contributed by atoms with van der Waals surface area (Å²) in [5.74, 6) is 0.836. The van der Waals surface area contributed by atoms with Crippen molar-refractivity contribution in [1.29, 1.82) is 0 Å². The van der Waals surface area contributed by atoms with Gasteiger partial charge in [0.05, 0.1) is 6.04 Å². The van der Waals surface area contributed by atoms with Crippen LogP contribution in [0.5, 0.6) is 0 Å². The summed E-state index contributed by atoms with van der Waals surface area (Å²) in [5, 5.41) is 17.8. The van der Waals surface area contributed by atoms with Crippen molar-refractivity contribution in [2.24, 2.45) is 5.92 Å². The molecule has 7 heteroatoms. The summed E-state index contributed by atoms with van der Waals surface area (Å²) < 4.78 is 0. The minimum absolute atomic E-state index is 0.0704. The average molecular weight is 494 g/mol. The fourth-order valence-corrected chi connectivity index (χ4v) is 4.26. The number of rotatable bonds is 13. The van der Waals surface area contributed by atoms with Crippen LogP contribution in [0.2, 0.25) is 0 Å². The molecule has 1 amide bonds. The van der Waals surface area contributed by atoms with Crippen molar-refractivity contribution < 1.29 is 10.0 Å². The number of aromatic nitrogens is 1. The smallest absolute Gasteiger partial charge is 0.228 e. The zero-order valence-corrected chi connectivity index (χ0v) is 22.5. The van der Waals surface area contributed by atoms with Gasteiger partial charge in [0.1, 0.15) is 5.82 Å². The molecule has 3 rings (SSSR count). The maximum atomic E-state index is 12.1. The van der Waals surface area contributed by atoms with Gasteiger partial charge in [0.2, 0.25) is 5.91 Å². The summed E-state index contributed by atoms with van der Waals surface area (Å²) >= 11 is 0. The summed E-state index contributed by atoms with van der Waals surface area (Å²) in [5.41, 5.74) is 8.72. The van der Waals surface area contributed by atoms with E-state index in [0.29, 0.717) is 12.4 Å². The predicted octanol–water partition coefficient (Wildman–Crippen LogP) is 5.66. The number of amides is 1. The molecule has 196 valence electrons. The molecule has 1 aromatic rings. The van der Waals surface area contributed by atoms with Crippen LogP contribution in [-0.4, -0.2) is 39.9 Å². The van der Waals surface area contributed by atoms with Gasteiger partial charge in [-0.15, -0.1) is 5.17 Å². The third kappa shape index (κ3) is 7.88. The van der Waals surface area contributed by atoms with Crippen molar-refractivity contribution in [2.75, 3.05) is 11.9 Å². The normalized spacial score (nSPS) is 19.2. The van der Waals surface area contributed by atoms with Gasteiger partial charge in [0.25, 0.3) is 0 Å². The van der Waals surface area contributed by atoms with Gasteiger partial charge in [-0.05, 0) is 80.4 Å². The monoisotopic (exact) mass is 493 g/mol. The zero-order valence-electron chi connectivity index (χ0n) is 22.5. The quantitative estimate of drug-likeness (QED) is 0.209. The molecule has 1 aliphatic carbocycles. The summed E-state index contributed by atoms with van der Waals surface area (Å²) in [6, 6.07) is 2.09. The first kappa shape index (κ1) is 27.8. The second-order valence-electron chi connectivity index (χ2n) is 9.85. The molecule has 2 heterocycles. The molecular formula is C29H43N5O2. The number of nitrogens with one attached hydrogen (secondary N) is 3. The molecule has 0 spiro atoms. The Labute approximate surface area is 216 Å². The van der Waals surface area contributed by atoms with Crippen LogP contribution in [0.25, 0.3) is 6.08 Å². The molecule has 0 radical (unpaired) electrons. The maximum absolute atomic E-state index is 12.1. The first-order valence-electron chi connectivity index (χ1n) is 13.4. The first-order valence-corrected chi connectivity index (χ1v) is 13.4. The van der Waals surface area contributed by atoms with Crippen molar-refractivity contribution in [3.63, 3.8) is 0 Å². The van der Waals surface area contributed by atoms with Crippen LogP contribution in [-0.2, 0) is 4.79 Å². The first-order chi connectivity index (χ1) is 17.4. The van der Waals surface area contributed by atoms with E-state index < -0.39 is 0 Å².